The average molecular weight is 221 g/mol. The number of nitrogens with one attached hydrogen (secondary N) is 1. The van der Waals surface area contributed by atoms with Gasteiger partial charge in [0.2, 0.25) is 0 Å². The summed E-state index contributed by atoms with van der Waals surface area (Å²) < 4.78 is 4.80. The van der Waals surface area contributed by atoms with E-state index < -0.39 is 5.54 Å². The molecule has 0 saturated heterocycles. The van der Waals surface area contributed by atoms with E-state index in [1.807, 2.05) is 13.8 Å². The van der Waals surface area contributed by atoms with Crippen LogP contribution in [0.4, 0.5) is 0 Å². The van der Waals surface area contributed by atoms with Crippen molar-refractivity contribution in [3.63, 3.8) is 0 Å². The maximum atomic E-state index is 11.8. The Morgan fingerprint density at radius 3 is 2.69 bits per heavy atom. The van der Waals surface area contributed by atoms with Crippen LogP contribution < -0.4 is 5.32 Å². The quantitative estimate of drug-likeness (QED) is 0.841. The van der Waals surface area contributed by atoms with Crippen LogP contribution in [-0.2, 0) is 0 Å². The van der Waals surface area contributed by atoms with Crippen LogP contribution in [0.1, 0.15) is 36.9 Å². The van der Waals surface area contributed by atoms with Crippen LogP contribution in [0.15, 0.2) is 10.7 Å². The van der Waals surface area contributed by atoms with Crippen molar-refractivity contribution in [2.24, 2.45) is 5.92 Å². The van der Waals surface area contributed by atoms with Gasteiger partial charge in [0.05, 0.1) is 12.3 Å². The normalized spacial score (nSPS) is 14.2. The molecule has 0 saturated carbocycles. The van der Waals surface area contributed by atoms with Crippen molar-refractivity contribution in [3.8, 4) is 6.07 Å². The van der Waals surface area contributed by atoms with Gasteiger partial charge in [-0.25, -0.2) is 0 Å². The van der Waals surface area contributed by atoms with Crippen LogP contribution in [0, 0.1) is 24.2 Å². The fraction of sp³-hybridized carbons (Fsp3) is 0.545. The van der Waals surface area contributed by atoms with Gasteiger partial charge in [0.1, 0.15) is 16.9 Å². The average Bonchev–Trinajstić information content (AvgIpc) is 2.64. The van der Waals surface area contributed by atoms with Crippen LogP contribution in [0.2, 0.25) is 0 Å². The number of aromatic nitrogens is 1. The van der Waals surface area contributed by atoms with E-state index >= 15 is 0 Å². The number of rotatable bonds is 3. The minimum atomic E-state index is -0.888. The smallest absolute Gasteiger partial charge is 0.257 e. The minimum absolute atomic E-state index is 0.0154. The van der Waals surface area contributed by atoms with Crippen LogP contribution in [0.25, 0.3) is 0 Å². The molecule has 1 aromatic rings. The number of amides is 1. The highest BCUT2D eigenvalue weighted by Crippen LogP contribution is 2.16. The molecule has 1 aromatic heterocycles. The summed E-state index contributed by atoms with van der Waals surface area (Å²) in [6.45, 7) is 7.10. The topological polar surface area (TPSA) is 78.9 Å². The maximum absolute atomic E-state index is 11.8. The highest BCUT2D eigenvalue weighted by Gasteiger charge is 2.31. The maximum Gasteiger partial charge on any atom is 0.257 e. The van der Waals surface area contributed by atoms with E-state index in [4.69, 9.17) is 9.78 Å². The lowest BCUT2D eigenvalue weighted by molar-refractivity contribution is 0.0906. The first-order valence-electron chi connectivity index (χ1n) is 5.05. The summed E-state index contributed by atoms with van der Waals surface area (Å²) in [5.41, 5.74) is -0.525. The van der Waals surface area contributed by atoms with Crippen LogP contribution in [-0.4, -0.2) is 16.6 Å². The number of aryl methyl sites for hydroxylation is 1. The summed E-state index contributed by atoms with van der Waals surface area (Å²) in [6.07, 6.45) is 1.35. The molecule has 0 fully saturated rings. The van der Waals surface area contributed by atoms with Crippen LogP contribution in [0.3, 0.4) is 0 Å². The molecule has 0 unspecified atom stereocenters. The number of hydrogen-bond donors (Lipinski definition) is 1. The van der Waals surface area contributed by atoms with E-state index in [1.54, 1.807) is 13.8 Å². The second kappa shape index (κ2) is 4.35. The lowest BCUT2D eigenvalue weighted by Gasteiger charge is -2.26. The van der Waals surface area contributed by atoms with E-state index in [1.165, 1.54) is 6.20 Å². The number of carbonyl (C=O) groups excluding carboxylic acids is 1. The Morgan fingerprint density at radius 1 is 1.69 bits per heavy atom. The fourth-order valence-corrected chi connectivity index (χ4v) is 1.12. The third kappa shape index (κ3) is 2.22. The second-order valence-electron chi connectivity index (χ2n) is 4.22. The van der Waals surface area contributed by atoms with Crippen molar-refractivity contribution in [1.29, 1.82) is 5.26 Å². The molecule has 0 aliphatic rings. The Kier molecular flexibility index (Phi) is 3.33. The van der Waals surface area contributed by atoms with Gasteiger partial charge < -0.3 is 9.84 Å². The Labute approximate surface area is 94.4 Å². The van der Waals surface area contributed by atoms with E-state index in [-0.39, 0.29) is 11.8 Å². The first-order chi connectivity index (χ1) is 7.40. The third-order valence-corrected chi connectivity index (χ3v) is 2.76. The van der Waals surface area contributed by atoms with Gasteiger partial charge in [0, 0.05) is 0 Å². The zero-order chi connectivity index (χ0) is 12.3. The predicted octanol–water partition coefficient (Wildman–Crippen LogP) is 1.65. The first-order valence-corrected chi connectivity index (χ1v) is 5.05. The molecule has 5 nitrogen and oxygen atoms in total. The lowest BCUT2D eigenvalue weighted by Crippen LogP contribution is -2.48. The highest BCUT2D eigenvalue weighted by atomic mass is 16.5. The van der Waals surface area contributed by atoms with Gasteiger partial charge >= 0.3 is 0 Å². The van der Waals surface area contributed by atoms with Crippen molar-refractivity contribution in [3.05, 3.63) is 17.5 Å². The van der Waals surface area contributed by atoms with E-state index in [0.29, 0.717) is 11.3 Å². The minimum Gasteiger partial charge on any atom is -0.361 e. The third-order valence-electron chi connectivity index (χ3n) is 2.76. The van der Waals surface area contributed by atoms with Gasteiger partial charge in [-0.3, -0.25) is 4.79 Å². The van der Waals surface area contributed by atoms with Gasteiger partial charge in [-0.2, -0.15) is 5.26 Å². The van der Waals surface area contributed by atoms with Crippen molar-refractivity contribution in [2.75, 3.05) is 0 Å². The number of hydrogen-bond acceptors (Lipinski definition) is 4. The first kappa shape index (κ1) is 12.2. The molecule has 16 heavy (non-hydrogen) atoms. The zero-order valence-electron chi connectivity index (χ0n) is 9.87. The van der Waals surface area contributed by atoms with Gasteiger partial charge in [0.25, 0.3) is 5.91 Å². The molecule has 1 rings (SSSR count). The Hall–Kier alpha value is -1.83. The Bertz CT molecular complexity index is 431. The lowest BCUT2D eigenvalue weighted by atomic mass is 9.90. The number of nitriles is 1. The highest BCUT2D eigenvalue weighted by molar-refractivity contribution is 5.95. The molecule has 1 atom stereocenters. The second-order valence-corrected chi connectivity index (χ2v) is 4.22. The molecule has 0 bridgehead atoms. The molecular formula is C11H15N3O2. The van der Waals surface area contributed by atoms with Crippen molar-refractivity contribution >= 4 is 5.91 Å². The van der Waals surface area contributed by atoms with Gasteiger partial charge in [-0.05, 0) is 19.8 Å². The van der Waals surface area contributed by atoms with Crippen molar-refractivity contribution < 1.29 is 9.32 Å². The molecule has 86 valence electrons. The fourth-order valence-electron chi connectivity index (χ4n) is 1.12. The number of carbonyl (C=O) groups is 1. The van der Waals surface area contributed by atoms with E-state index in [0.717, 1.165) is 0 Å². The van der Waals surface area contributed by atoms with Gasteiger partial charge in [-0.1, -0.05) is 19.0 Å². The van der Waals surface area contributed by atoms with Gasteiger partial charge in [-0.15, -0.1) is 0 Å². The predicted molar refractivity (Wildman–Crippen MR) is 57.6 cm³/mol. The van der Waals surface area contributed by atoms with Crippen molar-refractivity contribution in [2.45, 2.75) is 33.2 Å². The summed E-state index contributed by atoms with van der Waals surface area (Å²) >= 11 is 0. The summed E-state index contributed by atoms with van der Waals surface area (Å²) in [4.78, 5) is 11.8. The largest absolute Gasteiger partial charge is 0.361 e. The molecule has 0 radical (unpaired) electrons. The molecule has 1 heterocycles. The van der Waals surface area contributed by atoms with Gasteiger partial charge in [0.15, 0.2) is 0 Å². The molecule has 0 aliphatic carbocycles. The molecule has 0 aromatic carbocycles. The summed E-state index contributed by atoms with van der Waals surface area (Å²) in [6, 6.07) is 2.11. The van der Waals surface area contributed by atoms with E-state index in [9.17, 15) is 4.79 Å². The van der Waals surface area contributed by atoms with E-state index in [2.05, 4.69) is 16.5 Å². The SMILES string of the molecule is Cc1oncc1C(=O)N[C@@](C)(C#N)C(C)C. The number of nitrogens with zero attached hydrogens (tertiary/aromatic N) is 2. The van der Waals surface area contributed by atoms with Crippen LogP contribution in [0.5, 0.6) is 0 Å². The standard InChI is InChI=1S/C11H15N3O2/c1-7(2)11(4,6-12)14-10(15)9-5-13-16-8(9)3/h5,7H,1-4H3,(H,14,15)/t11-/m0/s1. The summed E-state index contributed by atoms with van der Waals surface area (Å²) in [7, 11) is 0. The molecular weight excluding hydrogens is 206 g/mol. The zero-order valence-corrected chi connectivity index (χ0v) is 9.87. The summed E-state index contributed by atoms with van der Waals surface area (Å²) in [5.74, 6) is 0.125. The Morgan fingerprint density at radius 2 is 2.31 bits per heavy atom. The molecule has 0 aliphatic heterocycles. The van der Waals surface area contributed by atoms with Crippen molar-refractivity contribution in [1.82, 2.24) is 10.5 Å². The summed E-state index contributed by atoms with van der Waals surface area (Å²) in [5, 5.41) is 15.3. The van der Waals surface area contributed by atoms with Crippen LogP contribution >= 0.6 is 0 Å². The molecule has 5 heteroatoms. The Balaban J connectivity index is 2.87. The molecule has 0 spiro atoms. The molecule has 1 N–H and O–H groups in total. The monoisotopic (exact) mass is 221 g/mol. The molecule has 1 amide bonds.